The van der Waals surface area contributed by atoms with E-state index < -0.39 is 0 Å². The first-order valence-corrected chi connectivity index (χ1v) is 15.0. The van der Waals surface area contributed by atoms with Gasteiger partial charge < -0.3 is 4.90 Å². The normalized spacial score (nSPS) is 11.3. The van der Waals surface area contributed by atoms with Crippen LogP contribution in [0.1, 0.15) is 0 Å². The lowest BCUT2D eigenvalue weighted by atomic mass is 10.0. The maximum absolute atomic E-state index is 5.07. The van der Waals surface area contributed by atoms with E-state index in [-0.39, 0.29) is 0 Å². The van der Waals surface area contributed by atoms with Gasteiger partial charge in [0, 0.05) is 28.0 Å². The SMILES string of the molecule is c1ccc(-c2ccc(N(c3ccccc3)c3ccc(-c4nc5ccc6ccc7ccccc7c6c5s4)cc3)cc2)cc1. The molecule has 0 bridgehead atoms. The molecule has 42 heavy (non-hydrogen) atoms. The standard InChI is InChI=1S/C39H26N2S/c1-3-9-27(10-4-1)28-17-22-33(23-18-28)41(32-12-5-2-6-13-32)34-24-19-31(20-25-34)39-40-36-26-21-30-16-15-29-11-7-8-14-35(29)37(30)38(36)42-39/h1-26H. The number of benzene rings is 7. The van der Waals surface area contributed by atoms with Crippen molar-refractivity contribution < 1.29 is 0 Å². The molecule has 0 saturated heterocycles. The van der Waals surface area contributed by atoms with E-state index >= 15 is 0 Å². The van der Waals surface area contributed by atoms with Crippen molar-refractivity contribution in [3.05, 3.63) is 158 Å². The van der Waals surface area contributed by atoms with Gasteiger partial charge in [0.05, 0.1) is 10.2 Å². The summed E-state index contributed by atoms with van der Waals surface area (Å²) in [5, 5.41) is 6.12. The molecule has 1 heterocycles. The van der Waals surface area contributed by atoms with Crippen molar-refractivity contribution in [1.29, 1.82) is 0 Å². The Kier molecular flexibility index (Phi) is 6.02. The second kappa shape index (κ2) is 10.3. The molecule has 0 saturated carbocycles. The van der Waals surface area contributed by atoms with Gasteiger partial charge in [0.1, 0.15) is 5.01 Å². The maximum Gasteiger partial charge on any atom is 0.124 e. The zero-order valence-corrected chi connectivity index (χ0v) is 23.6. The summed E-state index contributed by atoms with van der Waals surface area (Å²) >= 11 is 1.78. The highest BCUT2D eigenvalue weighted by Gasteiger charge is 2.15. The summed E-state index contributed by atoms with van der Waals surface area (Å²) in [4.78, 5) is 7.38. The molecule has 0 amide bonds. The monoisotopic (exact) mass is 554 g/mol. The molecule has 2 nitrogen and oxygen atoms in total. The van der Waals surface area contributed by atoms with Crippen LogP contribution in [-0.4, -0.2) is 4.98 Å². The topological polar surface area (TPSA) is 16.1 Å². The van der Waals surface area contributed by atoms with Gasteiger partial charge in [-0.25, -0.2) is 4.98 Å². The van der Waals surface area contributed by atoms with Gasteiger partial charge in [-0.15, -0.1) is 11.3 Å². The van der Waals surface area contributed by atoms with Gasteiger partial charge in [-0.2, -0.15) is 0 Å². The van der Waals surface area contributed by atoms with Crippen LogP contribution in [0.3, 0.4) is 0 Å². The smallest absolute Gasteiger partial charge is 0.124 e. The molecule has 0 radical (unpaired) electrons. The van der Waals surface area contributed by atoms with Crippen LogP contribution in [0, 0.1) is 0 Å². The molecular formula is C39H26N2S. The molecule has 8 aromatic rings. The van der Waals surface area contributed by atoms with Crippen molar-refractivity contribution in [2.45, 2.75) is 0 Å². The van der Waals surface area contributed by atoms with Crippen LogP contribution in [0.2, 0.25) is 0 Å². The number of nitrogens with zero attached hydrogens (tertiary/aromatic N) is 2. The summed E-state index contributed by atoms with van der Waals surface area (Å²) in [7, 11) is 0. The third-order valence-electron chi connectivity index (χ3n) is 7.88. The molecule has 0 atom stereocenters. The van der Waals surface area contributed by atoms with E-state index in [4.69, 9.17) is 4.98 Å². The summed E-state index contributed by atoms with van der Waals surface area (Å²) in [5.41, 5.74) is 7.95. The summed E-state index contributed by atoms with van der Waals surface area (Å²) < 4.78 is 1.24. The molecule has 0 N–H and O–H groups in total. The van der Waals surface area contributed by atoms with Crippen LogP contribution in [0.5, 0.6) is 0 Å². The van der Waals surface area contributed by atoms with Crippen LogP contribution in [0.25, 0.3) is 53.5 Å². The van der Waals surface area contributed by atoms with Crippen molar-refractivity contribution in [1.82, 2.24) is 4.98 Å². The Bertz CT molecular complexity index is 2170. The number of hydrogen-bond acceptors (Lipinski definition) is 3. The molecule has 0 aliphatic carbocycles. The van der Waals surface area contributed by atoms with Gasteiger partial charge in [0.15, 0.2) is 0 Å². The zero-order valence-electron chi connectivity index (χ0n) is 22.8. The molecule has 0 spiro atoms. The third kappa shape index (κ3) is 4.32. The van der Waals surface area contributed by atoms with Crippen LogP contribution >= 0.6 is 11.3 Å². The summed E-state index contributed by atoms with van der Waals surface area (Å²) in [6, 6.07) is 56.0. The fourth-order valence-electron chi connectivity index (χ4n) is 5.81. The first-order valence-electron chi connectivity index (χ1n) is 14.1. The van der Waals surface area contributed by atoms with Crippen LogP contribution in [0.4, 0.5) is 17.1 Å². The molecule has 1 aromatic heterocycles. The summed E-state index contributed by atoms with van der Waals surface area (Å²) in [6.07, 6.45) is 0. The lowest BCUT2D eigenvalue weighted by Gasteiger charge is -2.25. The fraction of sp³-hybridized carbons (Fsp3) is 0. The number of hydrogen-bond donors (Lipinski definition) is 0. The van der Waals surface area contributed by atoms with Gasteiger partial charge in [-0.3, -0.25) is 0 Å². The van der Waals surface area contributed by atoms with E-state index in [2.05, 4.69) is 163 Å². The Hall–Kier alpha value is -5.25. The molecule has 0 aliphatic heterocycles. The van der Waals surface area contributed by atoms with Crippen molar-refractivity contribution >= 4 is 60.2 Å². The van der Waals surface area contributed by atoms with Gasteiger partial charge >= 0.3 is 0 Å². The van der Waals surface area contributed by atoms with Crippen molar-refractivity contribution in [2.24, 2.45) is 0 Å². The van der Waals surface area contributed by atoms with Crippen molar-refractivity contribution in [2.75, 3.05) is 4.90 Å². The van der Waals surface area contributed by atoms with E-state index in [0.29, 0.717) is 0 Å². The van der Waals surface area contributed by atoms with Gasteiger partial charge in [0.2, 0.25) is 0 Å². The summed E-state index contributed by atoms with van der Waals surface area (Å²) in [6.45, 7) is 0. The number of thiazole rings is 1. The Morgan fingerprint density at radius 2 is 0.976 bits per heavy atom. The fourth-order valence-corrected chi connectivity index (χ4v) is 6.95. The molecule has 0 aliphatic rings. The number of para-hydroxylation sites is 1. The third-order valence-corrected chi connectivity index (χ3v) is 9.02. The Morgan fingerprint density at radius 3 is 1.71 bits per heavy atom. The lowest BCUT2D eigenvalue weighted by Crippen LogP contribution is -2.09. The van der Waals surface area contributed by atoms with E-state index in [0.717, 1.165) is 33.1 Å². The van der Waals surface area contributed by atoms with Gasteiger partial charge in [-0.05, 0) is 81.9 Å². The molecule has 198 valence electrons. The summed E-state index contributed by atoms with van der Waals surface area (Å²) in [5.74, 6) is 0. The highest BCUT2D eigenvalue weighted by molar-refractivity contribution is 7.22. The number of rotatable bonds is 5. The number of fused-ring (bicyclic) bond motifs is 5. The predicted octanol–water partition coefficient (Wildman–Crippen LogP) is 11.4. The quantitative estimate of drug-likeness (QED) is 0.197. The largest absolute Gasteiger partial charge is 0.311 e. The molecule has 0 fully saturated rings. The lowest BCUT2D eigenvalue weighted by molar-refractivity contribution is 1.28. The minimum atomic E-state index is 1.04. The first kappa shape index (κ1) is 24.5. The van der Waals surface area contributed by atoms with E-state index in [9.17, 15) is 0 Å². The Labute approximate surface area is 248 Å². The van der Waals surface area contributed by atoms with Crippen LogP contribution in [0.15, 0.2) is 158 Å². The minimum absolute atomic E-state index is 1.04. The van der Waals surface area contributed by atoms with E-state index in [1.54, 1.807) is 11.3 Å². The van der Waals surface area contributed by atoms with Gasteiger partial charge in [0.25, 0.3) is 0 Å². The highest BCUT2D eigenvalue weighted by Crippen LogP contribution is 2.40. The average Bonchev–Trinajstić information content (AvgIpc) is 3.51. The van der Waals surface area contributed by atoms with Crippen LogP contribution < -0.4 is 4.90 Å². The molecular weight excluding hydrogens is 529 g/mol. The number of aromatic nitrogens is 1. The van der Waals surface area contributed by atoms with E-state index in [1.165, 1.54) is 37.4 Å². The highest BCUT2D eigenvalue weighted by atomic mass is 32.1. The molecule has 3 heteroatoms. The van der Waals surface area contributed by atoms with Crippen molar-refractivity contribution in [3.8, 4) is 21.7 Å². The zero-order chi connectivity index (χ0) is 27.9. The second-order valence-electron chi connectivity index (χ2n) is 10.4. The average molecular weight is 555 g/mol. The second-order valence-corrected chi connectivity index (χ2v) is 11.4. The Morgan fingerprint density at radius 1 is 0.429 bits per heavy atom. The molecule has 7 aromatic carbocycles. The maximum atomic E-state index is 5.07. The number of anilines is 3. The first-order chi connectivity index (χ1) is 20.8. The predicted molar refractivity (Wildman–Crippen MR) is 180 cm³/mol. The van der Waals surface area contributed by atoms with Crippen LogP contribution in [-0.2, 0) is 0 Å². The van der Waals surface area contributed by atoms with E-state index in [1.807, 2.05) is 0 Å². The van der Waals surface area contributed by atoms with Gasteiger partial charge in [-0.1, -0.05) is 103 Å². The minimum Gasteiger partial charge on any atom is -0.311 e. The molecule has 8 rings (SSSR count). The molecule has 0 unspecified atom stereocenters. The Balaban J connectivity index is 1.19. The van der Waals surface area contributed by atoms with Crippen molar-refractivity contribution in [3.63, 3.8) is 0 Å².